The molecule has 1 fully saturated rings. The summed E-state index contributed by atoms with van der Waals surface area (Å²) in [5.41, 5.74) is 5.19. The first-order valence-electron chi connectivity index (χ1n) is 9.07. The maximum absolute atomic E-state index is 4.56. The number of aromatic amines is 2. The van der Waals surface area contributed by atoms with Crippen molar-refractivity contribution < 1.29 is 0 Å². The number of aromatic nitrogens is 6. The minimum Gasteiger partial charge on any atom is -0.350 e. The van der Waals surface area contributed by atoms with Crippen LogP contribution in [-0.4, -0.2) is 30.1 Å². The van der Waals surface area contributed by atoms with Crippen LogP contribution in [0.25, 0.3) is 11.0 Å². The standard InChI is InChI=1S/C19H20N8/c1-11-6-17(24-18-8-15(26-27-18)13-3-4-13)25-19(23-11)20-9-12-2-5-14-16(7-12)22-10-21-14/h2,5-8,10,13H,3-4,9H2,1H3,(H,21,22)(H3,20,23,24,25,26,27). The normalized spacial score (nSPS) is 13.8. The van der Waals surface area contributed by atoms with Gasteiger partial charge in [0.05, 0.1) is 17.4 Å². The number of nitrogens with one attached hydrogen (secondary N) is 4. The smallest absolute Gasteiger partial charge is 0.225 e. The molecule has 8 heteroatoms. The highest BCUT2D eigenvalue weighted by Crippen LogP contribution is 2.39. The molecule has 1 saturated carbocycles. The van der Waals surface area contributed by atoms with Gasteiger partial charge in [-0.25, -0.2) is 9.97 Å². The summed E-state index contributed by atoms with van der Waals surface area (Å²) in [5, 5.41) is 14.0. The molecular weight excluding hydrogens is 340 g/mol. The Kier molecular flexibility index (Phi) is 3.74. The Morgan fingerprint density at radius 1 is 1.11 bits per heavy atom. The van der Waals surface area contributed by atoms with E-state index in [1.165, 1.54) is 18.5 Å². The lowest BCUT2D eigenvalue weighted by atomic mass is 10.2. The highest BCUT2D eigenvalue weighted by atomic mass is 15.2. The Balaban J connectivity index is 1.30. The van der Waals surface area contributed by atoms with E-state index in [-0.39, 0.29) is 0 Å². The Bertz CT molecular complexity index is 1090. The largest absolute Gasteiger partial charge is 0.350 e. The molecule has 1 aliphatic rings. The number of nitrogens with zero attached hydrogens (tertiary/aromatic N) is 4. The summed E-state index contributed by atoms with van der Waals surface area (Å²) in [4.78, 5) is 16.4. The Morgan fingerprint density at radius 3 is 2.93 bits per heavy atom. The Hall–Kier alpha value is -3.42. The molecule has 8 nitrogen and oxygen atoms in total. The summed E-state index contributed by atoms with van der Waals surface area (Å²) < 4.78 is 0. The van der Waals surface area contributed by atoms with Crippen LogP contribution in [0, 0.1) is 6.92 Å². The molecule has 3 heterocycles. The minimum atomic E-state index is 0.583. The van der Waals surface area contributed by atoms with E-state index in [9.17, 15) is 0 Å². The van der Waals surface area contributed by atoms with Crippen molar-refractivity contribution in [2.45, 2.75) is 32.2 Å². The first kappa shape index (κ1) is 15.8. The number of aryl methyl sites for hydroxylation is 1. The van der Waals surface area contributed by atoms with Crippen LogP contribution in [-0.2, 0) is 6.54 Å². The zero-order valence-electron chi connectivity index (χ0n) is 15.0. The Morgan fingerprint density at radius 2 is 2.04 bits per heavy atom. The second-order valence-electron chi connectivity index (χ2n) is 6.93. The monoisotopic (exact) mass is 360 g/mol. The van der Waals surface area contributed by atoms with Crippen LogP contribution in [0.3, 0.4) is 0 Å². The van der Waals surface area contributed by atoms with Crippen molar-refractivity contribution >= 4 is 28.6 Å². The van der Waals surface area contributed by atoms with Crippen LogP contribution in [0.15, 0.2) is 36.7 Å². The van der Waals surface area contributed by atoms with Crippen molar-refractivity contribution in [2.75, 3.05) is 10.6 Å². The molecule has 4 N–H and O–H groups in total. The fraction of sp³-hybridized carbons (Fsp3) is 0.263. The molecule has 1 aliphatic carbocycles. The van der Waals surface area contributed by atoms with Crippen molar-refractivity contribution in [1.29, 1.82) is 0 Å². The molecule has 5 rings (SSSR count). The molecule has 136 valence electrons. The molecule has 0 aliphatic heterocycles. The fourth-order valence-electron chi connectivity index (χ4n) is 3.12. The predicted octanol–water partition coefficient (Wildman–Crippen LogP) is 3.62. The van der Waals surface area contributed by atoms with Gasteiger partial charge < -0.3 is 15.6 Å². The maximum Gasteiger partial charge on any atom is 0.225 e. The molecule has 0 unspecified atom stereocenters. The number of imidazole rings is 1. The van der Waals surface area contributed by atoms with E-state index < -0.39 is 0 Å². The minimum absolute atomic E-state index is 0.583. The van der Waals surface area contributed by atoms with Crippen molar-refractivity contribution in [3.63, 3.8) is 0 Å². The third-order valence-electron chi connectivity index (χ3n) is 4.66. The summed E-state index contributed by atoms with van der Waals surface area (Å²) in [6.07, 6.45) is 4.19. The number of H-pyrrole nitrogens is 2. The van der Waals surface area contributed by atoms with Gasteiger partial charge in [-0.05, 0) is 37.5 Å². The highest BCUT2D eigenvalue weighted by molar-refractivity contribution is 5.75. The van der Waals surface area contributed by atoms with Crippen LogP contribution >= 0.6 is 0 Å². The molecule has 0 saturated heterocycles. The average Bonchev–Trinajstić information content (AvgIpc) is 3.22. The Labute approximate surface area is 155 Å². The van der Waals surface area contributed by atoms with Gasteiger partial charge in [0.15, 0.2) is 5.82 Å². The van der Waals surface area contributed by atoms with Crippen LogP contribution in [0.2, 0.25) is 0 Å². The van der Waals surface area contributed by atoms with Gasteiger partial charge in [-0.1, -0.05) is 6.07 Å². The number of rotatable bonds is 6. The van der Waals surface area contributed by atoms with Crippen molar-refractivity contribution in [1.82, 2.24) is 30.1 Å². The van der Waals surface area contributed by atoms with E-state index >= 15 is 0 Å². The van der Waals surface area contributed by atoms with Crippen LogP contribution in [0.5, 0.6) is 0 Å². The van der Waals surface area contributed by atoms with Gasteiger partial charge in [-0.15, -0.1) is 0 Å². The van der Waals surface area contributed by atoms with Gasteiger partial charge in [0.25, 0.3) is 0 Å². The highest BCUT2D eigenvalue weighted by Gasteiger charge is 2.25. The molecule has 1 aromatic carbocycles. The lowest BCUT2D eigenvalue weighted by Gasteiger charge is -2.09. The summed E-state index contributed by atoms with van der Waals surface area (Å²) in [7, 11) is 0. The second-order valence-corrected chi connectivity index (χ2v) is 6.93. The van der Waals surface area contributed by atoms with E-state index in [0.29, 0.717) is 18.4 Å². The lowest BCUT2D eigenvalue weighted by Crippen LogP contribution is -2.06. The molecule has 0 spiro atoms. The molecule has 3 aromatic heterocycles. The number of hydrogen-bond donors (Lipinski definition) is 4. The third-order valence-corrected chi connectivity index (χ3v) is 4.66. The number of benzene rings is 1. The number of anilines is 3. The van der Waals surface area contributed by atoms with Gasteiger partial charge in [-0.3, -0.25) is 5.10 Å². The summed E-state index contributed by atoms with van der Waals surface area (Å²) >= 11 is 0. The molecular formula is C19H20N8. The molecule has 0 atom stereocenters. The molecule has 0 amide bonds. The van der Waals surface area contributed by atoms with Crippen LogP contribution < -0.4 is 10.6 Å². The van der Waals surface area contributed by atoms with Gasteiger partial charge in [0.1, 0.15) is 5.82 Å². The van der Waals surface area contributed by atoms with E-state index in [1.807, 2.05) is 25.1 Å². The first-order valence-corrected chi connectivity index (χ1v) is 9.07. The molecule has 27 heavy (non-hydrogen) atoms. The molecule has 0 radical (unpaired) electrons. The number of fused-ring (bicyclic) bond motifs is 1. The topological polar surface area (TPSA) is 107 Å². The maximum atomic E-state index is 4.56. The zero-order valence-corrected chi connectivity index (χ0v) is 15.0. The van der Waals surface area contributed by atoms with Crippen molar-refractivity contribution in [3.05, 3.63) is 53.6 Å². The van der Waals surface area contributed by atoms with E-state index in [1.54, 1.807) is 6.33 Å². The molecule has 4 aromatic rings. The lowest BCUT2D eigenvalue weighted by molar-refractivity contribution is 0.965. The average molecular weight is 360 g/mol. The van der Waals surface area contributed by atoms with Crippen LogP contribution in [0.1, 0.15) is 35.7 Å². The van der Waals surface area contributed by atoms with Crippen molar-refractivity contribution in [2.24, 2.45) is 0 Å². The van der Waals surface area contributed by atoms with Gasteiger partial charge in [-0.2, -0.15) is 10.1 Å². The van der Waals surface area contributed by atoms with E-state index in [4.69, 9.17) is 0 Å². The molecule has 0 bridgehead atoms. The second kappa shape index (κ2) is 6.39. The number of hydrogen-bond acceptors (Lipinski definition) is 6. The first-order chi connectivity index (χ1) is 13.2. The summed E-state index contributed by atoms with van der Waals surface area (Å²) in [6.45, 7) is 2.58. The van der Waals surface area contributed by atoms with Gasteiger partial charge in [0.2, 0.25) is 5.95 Å². The fourth-order valence-corrected chi connectivity index (χ4v) is 3.12. The summed E-state index contributed by atoms with van der Waals surface area (Å²) in [6, 6.07) is 10.1. The van der Waals surface area contributed by atoms with E-state index in [2.05, 4.69) is 52.9 Å². The van der Waals surface area contributed by atoms with Gasteiger partial charge in [0, 0.05) is 36.0 Å². The van der Waals surface area contributed by atoms with Crippen molar-refractivity contribution in [3.8, 4) is 0 Å². The van der Waals surface area contributed by atoms with Gasteiger partial charge >= 0.3 is 0 Å². The summed E-state index contributed by atoms with van der Waals surface area (Å²) in [5.74, 6) is 2.73. The van der Waals surface area contributed by atoms with Crippen LogP contribution in [0.4, 0.5) is 17.6 Å². The SMILES string of the molecule is Cc1cc(Nc2cc(C3CC3)[nH]n2)nc(NCc2ccc3nc[nH]c3c2)n1. The van der Waals surface area contributed by atoms with E-state index in [0.717, 1.165) is 33.9 Å². The quantitative estimate of drug-likeness (QED) is 0.418. The third kappa shape index (κ3) is 3.46. The predicted molar refractivity (Wildman–Crippen MR) is 104 cm³/mol. The zero-order chi connectivity index (χ0) is 18.2.